The van der Waals surface area contributed by atoms with E-state index < -0.39 is 0 Å². The molecular formula is C9H21NOS. The van der Waals surface area contributed by atoms with E-state index in [9.17, 15) is 5.11 Å². The highest BCUT2D eigenvalue weighted by Crippen LogP contribution is 2.18. The topological polar surface area (TPSA) is 46.2 Å². The number of thiol groups is 1. The Labute approximate surface area is 80.9 Å². The number of hydrogen-bond acceptors (Lipinski definition) is 3. The molecule has 0 saturated carbocycles. The van der Waals surface area contributed by atoms with Gasteiger partial charge in [-0.15, -0.1) is 0 Å². The van der Waals surface area contributed by atoms with Crippen LogP contribution in [0, 0.1) is 11.8 Å². The first-order valence-electron chi connectivity index (χ1n) is 4.55. The molecule has 0 aromatic rings. The maximum atomic E-state index is 9.62. The molecular weight excluding hydrogens is 170 g/mol. The number of rotatable bonds is 5. The Morgan fingerprint density at radius 2 is 1.83 bits per heavy atom. The van der Waals surface area contributed by atoms with Crippen LogP contribution in [0.4, 0.5) is 0 Å². The van der Waals surface area contributed by atoms with Crippen molar-refractivity contribution in [3.63, 3.8) is 0 Å². The van der Waals surface area contributed by atoms with E-state index in [1.54, 1.807) is 0 Å². The summed E-state index contributed by atoms with van der Waals surface area (Å²) in [5.41, 5.74) is 5.50. The molecule has 0 spiro atoms. The fraction of sp³-hybridized carbons (Fsp3) is 1.00. The summed E-state index contributed by atoms with van der Waals surface area (Å²) in [5.74, 6) is 0.776. The van der Waals surface area contributed by atoms with Gasteiger partial charge in [0.1, 0.15) is 0 Å². The van der Waals surface area contributed by atoms with E-state index in [4.69, 9.17) is 5.73 Å². The second-order valence-electron chi connectivity index (χ2n) is 3.79. The van der Waals surface area contributed by atoms with Gasteiger partial charge in [0.2, 0.25) is 0 Å². The Morgan fingerprint density at radius 3 is 2.17 bits per heavy atom. The van der Waals surface area contributed by atoms with Gasteiger partial charge in [-0.3, -0.25) is 0 Å². The normalized spacial score (nSPS) is 21.5. The zero-order valence-electron chi connectivity index (χ0n) is 8.20. The van der Waals surface area contributed by atoms with Crippen molar-refractivity contribution >= 4 is 12.6 Å². The van der Waals surface area contributed by atoms with Crippen molar-refractivity contribution in [3.05, 3.63) is 0 Å². The highest BCUT2D eigenvalue weighted by Gasteiger charge is 2.19. The van der Waals surface area contributed by atoms with E-state index in [-0.39, 0.29) is 17.3 Å². The number of nitrogens with two attached hydrogens (primary N) is 1. The first kappa shape index (κ1) is 12.3. The van der Waals surface area contributed by atoms with Crippen LogP contribution in [0.3, 0.4) is 0 Å². The summed E-state index contributed by atoms with van der Waals surface area (Å²) in [7, 11) is 0. The van der Waals surface area contributed by atoms with Crippen molar-refractivity contribution in [1.29, 1.82) is 0 Å². The largest absolute Gasteiger partial charge is 0.392 e. The molecule has 3 unspecified atom stereocenters. The molecule has 0 aliphatic rings. The van der Waals surface area contributed by atoms with Gasteiger partial charge in [-0.1, -0.05) is 20.8 Å². The van der Waals surface area contributed by atoms with Gasteiger partial charge in [0, 0.05) is 5.25 Å². The van der Waals surface area contributed by atoms with Crippen molar-refractivity contribution < 1.29 is 5.11 Å². The lowest BCUT2D eigenvalue weighted by Crippen LogP contribution is -2.28. The molecule has 0 amide bonds. The van der Waals surface area contributed by atoms with Crippen LogP contribution in [-0.2, 0) is 0 Å². The molecule has 0 rings (SSSR count). The first-order valence-corrected chi connectivity index (χ1v) is 5.06. The van der Waals surface area contributed by atoms with Gasteiger partial charge in [0.05, 0.1) is 6.10 Å². The van der Waals surface area contributed by atoms with Crippen molar-refractivity contribution in [3.8, 4) is 0 Å². The van der Waals surface area contributed by atoms with Gasteiger partial charge in [-0.05, 0) is 24.8 Å². The summed E-state index contributed by atoms with van der Waals surface area (Å²) in [6.45, 7) is 6.76. The van der Waals surface area contributed by atoms with Crippen LogP contribution in [-0.4, -0.2) is 23.0 Å². The Hall–Kier alpha value is 0.270. The minimum atomic E-state index is -0.317. The summed E-state index contributed by atoms with van der Waals surface area (Å²) >= 11 is 4.20. The molecule has 3 N–H and O–H groups in total. The predicted octanol–water partition coefficient (Wildman–Crippen LogP) is 1.29. The monoisotopic (exact) mass is 191 g/mol. The van der Waals surface area contributed by atoms with Crippen LogP contribution in [0.2, 0.25) is 0 Å². The van der Waals surface area contributed by atoms with Gasteiger partial charge in [0.25, 0.3) is 0 Å². The Bertz CT molecular complexity index is 119. The molecule has 12 heavy (non-hydrogen) atoms. The van der Waals surface area contributed by atoms with Crippen molar-refractivity contribution in [2.24, 2.45) is 17.6 Å². The fourth-order valence-electron chi connectivity index (χ4n) is 1.35. The lowest BCUT2D eigenvalue weighted by atomic mass is 9.91. The molecule has 0 aliphatic carbocycles. The lowest BCUT2D eigenvalue weighted by molar-refractivity contribution is 0.106. The molecule has 3 heteroatoms. The van der Waals surface area contributed by atoms with Crippen LogP contribution in [0.1, 0.15) is 27.2 Å². The van der Waals surface area contributed by atoms with E-state index in [1.165, 1.54) is 0 Å². The molecule has 0 heterocycles. The second kappa shape index (κ2) is 5.84. The summed E-state index contributed by atoms with van der Waals surface area (Å²) < 4.78 is 0. The molecule has 0 fully saturated rings. The summed E-state index contributed by atoms with van der Waals surface area (Å²) in [6.07, 6.45) is 0.657. The SMILES string of the molecule is CC(CN)CC(C)C(O)[C@H](C)S. The minimum absolute atomic E-state index is 0.0463. The fourth-order valence-corrected chi connectivity index (χ4v) is 1.64. The molecule has 0 radical (unpaired) electrons. The minimum Gasteiger partial charge on any atom is -0.392 e. The van der Waals surface area contributed by atoms with Crippen molar-refractivity contribution in [2.75, 3.05) is 6.54 Å². The third-order valence-corrected chi connectivity index (χ3v) is 2.56. The van der Waals surface area contributed by atoms with Crippen LogP contribution in [0.15, 0.2) is 0 Å². The Morgan fingerprint density at radius 1 is 1.33 bits per heavy atom. The number of aliphatic hydroxyl groups is 1. The summed E-state index contributed by atoms with van der Waals surface area (Å²) in [5, 5.41) is 9.67. The van der Waals surface area contributed by atoms with Gasteiger partial charge < -0.3 is 10.8 Å². The zero-order chi connectivity index (χ0) is 9.72. The van der Waals surface area contributed by atoms with Gasteiger partial charge in [-0.2, -0.15) is 12.6 Å². The predicted molar refractivity (Wildman–Crippen MR) is 56.5 cm³/mol. The maximum absolute atomic E-state index is 9.62. The van der Waals surface area contributed by atoms with Gasteiger partial charge >= 0.3 is 0 Å². The van der Waals surface area contributed by atoms with E-state index in [0.717, 1.165) is 6.42 Å². The molecule has 0 aromatic carbocycles. The molecule has 0 aliphatic heterocycles. The maximum Gasteiger partial charge on any atom is 0.0679 e. The van der Waals surface area contributed by atoms with Crippen LogP contribution in [0.25, 0.3) is 0 Å². The second-order valence-corrected chi connectivity index (χ2v) is 4.60. The van der Waals surface area contributed by atoms with Gasteiger partial charge in [-0.25, -0.2) is 0 Å². The van der Waals surface area contributed by atoms with Crippen LogP contribution in [0.5, 0.6) is 0 Å². The third kappa shape index (κ3) is 4.33. The molecule has 2 nitrogen and oxygen atoms in total. The smallest absolute Gasteiger partial charge is 0.0679 e. The molecule has 74 valence electrons. The average Bonchev–Trinajstić information content (AvgIpc) is 2.02. The van der Waals surface area contributed by atoms with Crippen molar-refractivity contribution in [2.45, 2.75) is 38.5 Å². The van der Waals surface area contributed by atoms with Gasteiger partial charge in [0.15, 0.2) is 0 Å². The van der Waals surface area contributed by atoms with E-state index >= 15 is 0 Å². The quantitative estimate of drug-likeness (QED) is 0.573. The molecule has 0 aromatic heterocycles. The average molecular weight is 191 g/mol. The summed E-state index contributed by atoms with van der Waals surface area (Å²) in [6, 6.07) is 0. The van der Waals surface area contributed by atoms with Crippen LogP contribution >= 0.6 is 12.6 Å². The molecule has 0 saturated heterocycles. The standard InChI is InChI=1S/C9H21NOS/c1-6(5-10)4-7(2)9(11)8(3)12/h6-9,11-12H,4-5,10H2,1-3H3/t6?,7?,8-,9?/m0/s1. The number of aliphatic hydroxyl groups excluding tert-OH is 1. The Kier molecular flexibility index (Phi) is 5.97. The molecule has 4 atom stereocenters. The van der Waals surface area contributed by atoms with E-state index in [0.29, 0.717) is 12.5 Å². The summed E-state index contributed by atoms with van der Waals surface area (Å²) in [4.78, 5) is 0. The van der Waals surface area contributed by atoms with E-state index in [2.05, 4.69) is 19.6 Å². The number of hydrogen-bond donors (Lipinski definition) is 3. The van der Waals surface area contributed by atoms with Crippen LogP contribution < -0.4 is 5.73 Å². The highest BCUT2D eigenvalue weighted by atomic mass is 32.1. The third-order valence-electron chi connectivity index (χ3n) is 2.25. The lowest BCUT2D eigenvalue weighted by Gasteiger charge is -2.23. The highest BCUT2D eigenvalue weighted by molar-refractivity contribution is 7.81. The zero-order valence-corrected chi connectivity index (χ0v) is 9.09. The van der Waals surface area contributed by atoms with E-state index in [1.807, 2.05) is 13.8 Å². The molecule has 0 bridgehead atoms. The Balaban J connectivity index is 3.78. The van der Waals surface area contributed by atoms with Crippen molar-refractivity contribution in [1.82, 2.24) is 0 Å². The first-order chi connectivity index (χ1) is 5.49.